The zero-order valence-corrected chi connectivity index (χ0v) is 13.3. The maximum atomic E-state index is 2.23. The van der Waals surface area contributed by atoms with Gasteiger partial charge in [0.05, 0.1) is 0 Å². The number of thiophene rings is 1. The molecule has 0 bridgehead atoms. The van der Waals surface area contributed by atoms with Gasteiger partial charge in [0.25, 0.3) is 0 Å². The summed E-state index contributed by atoms with van der Waals surface area (Å²) in [6.07, 6.45) is 4.34. The lowest BCUT2D eigenvalue weighted by molar-refractivity contribution is 1.52. The van der Waals surface area contributed by atoms with Crippen molar-refractivity contribution < 1.29 is 0 Å². The summed E-state index contributed by atoms with van der Waals surface area (Å²) in [5, 5.41) is 2.15. The van der Waals surface area contributed by atoms with Gasteiger partial charge in [-0.2, -0.15) is 0 Å². The lowest BCUT2D eigenvalue weighted by atomic mass is 10.2. The minimum atomic E-state index is 1.37. The Morgan fingerprint density at radius 3 is 1.89 bits per heavy atom. The average Bonchev–Trinajstić information content (AvgIpc) is 2.98. The fraction of sp³-hybridized carbons (Fsp3) is 0.125. The van der Waals surface area contributed by atoms with E-state index in [1.165, 1.54) is 31.4 Å². The lowest BCUT2D eigenvalue weighted by Gasteiger charge is -2.02. The standard InChI is InChI=1S/C16H14S3/c1-17-15-11-7-4-3-5-8-12(11)16(18-2)14(15)13-9-6-10-19-13/h3-10H,1-2H3. The molecule has 19 heavy (non-hydrogen) atoms. The SMILES string of the molecule is CSc1c2cccccc-2c(SC)c1-c1cccs1. The van der Waals surface area contributed by atoms with Crippen LogP contribution in [-0.4, -0.2) is 12.5 Å². The molecular formula is C16H14S3. The summed E-state index contributed by atoms with van der Waals surface area (Å²) in [4.78, 5) is 4.17. The van der Waals surface area contributed by atoms with E-state index in [9.17, 15) is 0 Å². The Labute approximate surface area is 126 Å². The van der Waals surface area contributed by atoms with Gasteiger partial charge < -0.3 is 0 Å². The first-order valence-corrected chi connectivity index (χ1v) is 9.36. The van der Waals surface area contributed by atoms with Gasteiger partial charge in [-0.05, 0) is 35.1 Å². The molecule has 0 saturated heterocycles. The van der Waals surface area contributed by atoms with Crippen LogP contribution in [0.1, 0.15) is 0 Å². The molecule has 0 aromatic carbocycles. The van der Waals surface area contributed by atoms with Gasteiger partial charge in [-0.25, -0.2) is 0 Å². The summed E-state index contributed by atoms with van der Waals surface area (Å²) >= 11 is 5.52. The monoisotopic (exact) mass is 302 g/mol. The molecule has 3 heteroatoms. The normalized spacial score (nSPS) is 11.1. The van der Waals surface area contributed by atoms with Gasteiger partial charge in [0.1, 0.15) is 0 Å². The molecule has 0 unspecified atom stereocenters. The topological polar surface area (TPSA) is 0 Å². The van der Waals surface area contributed by atoms with Crippen molar-refractivity contribution in [1.29, 1.82) is 0 Å². The molecular weight excluding hydrogens is 288 g/mol. The Hall–Kier alpha value is -0.900. The van der Waals surface area contributed by atoms with Crippen LogP contribution in [0.3, 0.4) is 0 Å². The highest BCUT2D eigenvalue weighted by Gasteiger charge is 2.22. The molecule has 0 amide bonds. The molecule has 1 aromatic heterocycles. The van der Waals surface area contributed by atoms with Crippen LogP contribution in [0.2, 0.25) is 0 Å². The summed E-state index contributed by atoms with van der Waals surface area (Å²) in [6.45, 7) is 0. The third-order valence-corrected chi connectivity index (χ3v) is 5.71. The van der Waals surface area contributed by atoms with Crippen LogP contribution in [0, 0.1) is 0 Å². The predicted octanol–water partition coefficient (Wildman–Crippen LogP) is 5.96. The molecule has 0 atom stereocenters. The van der Waals surface area contributed by atoms with E-state index in [0.717, 1.165) is 0 Å². The minimum absolute atomic E-state index is 1.37. The molecule has 0 aliphatic heterocycles. The van der Waals surface area contributed by atoms with Crippen molar-refractivity contribution in [1.82, 2.24) is 0 Å². The van der Waals surface area contributed by atoms with Crippen LogP contribution in [0.5, 0.6) is 0 Å². The number of hydrogen-bond donors (Lipinski definition) is 0. The van der Waals surface area contributed by atoms with Gasteiger partial charge in [-0.3, -0.25) is 0 Å². The van der Waals surface area contributed by atoms with Crippen LogP contribution in [-0.2, 0) is 0 Å². The molecule has 0 saturated carbocycles. The number of fused-ring (bicyclic) bond motifs is 1. The van der Waals surface area contributed by atoms with Crippen molar-refractivity contribution in [2.75, 3.05) is 12.5 Å². The Morgan fingerprint density at radius 1 is 0.789 bits per heavy atom. The molecule has 0 fully saturated rings. The van der Waals surface area contributed by atoms with Gasteiger partial charge in [0.2, 0.25) is 0 Å². The van der Waals surface area contributed by atoms with E-state index >= 15 is 0 Å². The molecule has 96 valence electrons. The summed E-state index contributed by atoms with van der Waals surface area (Å²) in [7, 11) is 0. The number of rotatable bonds is 3. The van der Waals surface area contributed by atoms with Gasteiger partial charge >= 0.3 is 0 Å². The third kappa shape index (κ3) is 2.20. The smallest absolute Gasteiger partial charge is 0.0365 e. The summed E-state index contributed by atoms with van der Waals surface area (Å²) in [6, 6.07) is 15.2. The van der Waals surface area contributed by atoms with E-state index in [-0.39, 0.29) is 0 Å². The molecule has 0 radical (unpaired) electrons. The fourth-order valence-corrected chi connectivity index (χ4v) is 4.99. The predicted molar refractivity (Wildman–Crippen MR) is 89.9 cm³/mol. The summed E-state index contributed by atoms with van der Waals surface area (Å²) < 4.78 is 0. The van der Waals surface area contributed by atoms with E-state index in [4.69, 9.17) is 0 Å². The largest absolute Gasteiger partial charge is 0.144 e. The molecule has 0 N–H and O–H groups in total. The van der Waals surface area contributed by atoms with Gasteiger partial charge in [0.15, 0.2) is 0 Å². The maximum absolute atomic E-state index is 2.23. The highest BCUT2D eigenvalue weighted by atomic mass is 32.2. The van der Waals surface area contributed by atoms with Crippen LogP contribution >= 0.6 is 34.9 Å². The Balaban J connectivity index is 2.39. The van der Waals surface area contributed by atoms with Crippen LogP contribution in [0.4, 0.5) is 0 Å². The van der Waals surface area contributed by atoms with Crippen LogP contribution in [0.15, 0.2) is 57.6 Å². The first-order valence-electron chi connectivity index (χ1n) is 6.03. The third-order valence-electron chi connectivity index (χ3n) is 3.16. The lowest BCUT2D eigenvalue weighted by Crippen LogP contribution is -1.74. The molecule has 1 heterocycles. The second-order valence-electron chi connectivity index (χ2n) is 4.16. The molecule has 2 aliphatic rings. The zero-order chi connectivity index (χ0) is 13.2. The van der Waals surface area contributed by atoms with Gasteiger partial charge in [0, 0.05) is 20.2 Å². The molecule has 2 aliphatic carbocycles. The summed E-state index contributed by atoms with van der Waals surface area (Å²) in [5.41, 5.74) is 4.15. The van der Waals surface area contributed by atoms with Gasteiger partial charge in [-0.15, -0.1) is 34.9 Å². The highest BCUT2D eigenvalue weighted by Crippen LogP contribution is 2.51. The highest BCUT2D eigenvalue weighted by molar-refractivity contribution is 8.00. The van der Waals surface area contributed by atoms with E-state index in [0.29, 0.717) is 0 Å². The van der Waals surface area contributed by atoms with E-state index in [1.807, 2.05) is 34.9 Å². The maximum Gasteiger partial charge on any atom is 0.0365 e. The van der Waals surface area contributed by atoms with Crippen LogP contribution in [0.25, 0.3) is 21.6 Å². The van der Waals surface area contributed by atoms with E-state index in [2.05, 4.69) is 60.4 Å². The van der Waals surface area contributed by atoms with E-state index in [1.54, 1.807) is 0 Å². The number of thioether (sulfide) groups is 2. The van der Waals surface area contributed by atoms with Crippen molar-refractivity contribution in [3.63, 3.8) is 0 Å². The average molecular weight is 302 g/mol. The molecule has 0 spiro atoms. The van der Waals surface area contributed by atoms with Gasteiger partial charge in [-0.1, -0.05) is 36.4 Å². The zero-order valence-electron chi connectivity index (χ0n) is 10.8. The Bertz CT molecular complexity index is 617. The van der Waals surface area contributed by atoms with Crippen molar-refractivity contribution in [2.45, 2.75) is 9.79 Å². The van der Waals surface area contributed by atoms with E-state index < -0.39 is 0 Å². The molecule has 3 rings (SSSR count). The first kappa shape index (κ1) is 13.1. The quantitative estimate of drug-likeness (QED) is 0.547. The second-order valence-corrected chi connectivity index (χ2v) is 6.74. The van der Waals surface area contributed by atoms with Crippen LogP contribution < -0.4 is 0 Å². The van der Waals surface area contributed by atoms with Crippen molar-refractivity contribution in [3.8, 4) is 21.6 Å². The summed E-state index contributed by atoms with van der Waals surface area (Å²) in [5.74, 6) is 0. The molecule has 0 nitrogen and oxygen atoms in total. The number of hydrogen-bond acceptors (Lipinski definition) is 3. The van der Waals surface area contributed by atoms with Crippen molar-refractivity contribution in [3.05, 3.63) is 47.8 Å². The Kier molecular flexibility index (Phi) is 3.87. The van der Waals surface area contributed by atoms with Crippen molar-refractivity contribution >= 4 is 34.9 Å². The van der Waals surface area contributed by atoms with Crippen molar-refractivity contribution in [2.24, 2.45) is 0 Å². The minimum Gasteiger partial charge on any atom is -0.144 e. The Morgan fingerprint density at radius 2 is 1.42 bits per heavy atom. The first-order chi connectivity index (χ1) is 9.36. The second kappa shape index (κ2) is 5.61. The molecule has 1 aromatic rings. The fourth-order valence-electron chi connectivity index (χ4n) is 2.38.